The van der Waals surface area contributed by atoms with Crippen molar-refractivity contribution in [3.63, 3.8) is 0 Å². The average Bonchev–Trinajstić information content (AvgIpc) is 2.43. The quantitative estimate of drug-likeness (QED) is 0.543. The molecule has 0 aliphatic carbocycles. The van der Waals surface area contributed by atoms with E-state index in [1.165, 1.54) is 32.2 Å². The van der Waals surface area contributed by atoms with Gasteiger partial charge in [0.05, 0.1) is 18.8 Å². The van der Waals surface area contributed by atoms with Gasteiger partial charge in [-0.2, -0.15) is 0 Å². The number of aliphatic hydroxyl groups is 2. The highest BCUT2D eigenvalue weighted by Crippen LogP contribution is 2.24. The normalized spacial score (nSPS) is 13.6. The van der Waals surface area contributed by atoms with Gasteiger partial charge in [-0.15, -0.1) is 0 Å². The molecular weight excluding hydrogens is 282 g/mol. The van der Waals surface area contributed by atoms with Gasteiger partial charge < -0.3 is 20.7 Å². The predicted molar refractivity (Wildman–Crippen MR) is 76.3 cm³/mol. The van der Waals surface area contributed by atoms with Crippen LogP contribution in [0.5, 0.6) is 0 Å². The molecule has 0 saturated heterocycles. The van der Waals surface area contributed by atoms with Gasteiger partial charge in [0.15, 0.2) is 5.12 Å². The third-order valence-electron chi connectivity index (χ3n) is 2.65. The topological polar surface area (TPSA) is 110 Å². The van der Waals surface area contributed by atoms with Crippen LogP contribution in [-0.4, -0.2) is 40.3 Å². The van der Waals surface area contributed by atoms with E-state index in [0.29, 0.717) is 5.56 Å². The number of carbonyl (C=O) groups is 2. The number of hydrogen-bond acceptors (Lipinski definition) is 7. The number of hydrogen-bond donors (Lipinski definition) is 3. The van der Waals surface area contributed by atoms with E-state index in [0.717, 1.165) is 11.8 Å². The van der Waals surface area contributed by atoms with Crippen LogP contribution in [0.2, 0.25) is 0 Å². The lowest BCUT2D eigenvalue weighted by Crippen LogP contribution is -2.22. The summed E-state index contributed by atoms with van der Waals surface area (Å²) in [7, 11) is 1.23. The maximum atomic E-state index is 11.5. The van der Waals surface area contributed by atoms with E-state index < -0.39 is 18.2 Å². The molecule has 1 aromatic rings. The number of aliphatic hydroxyl groups excluding tert-OH is 2. The Kier molecular flexibility index (Phi) is 6.00. The van der Waals surface area contributed by atoms with Crippen LogP contribution in [0.15, 0.2) is 18.2 Å². The van der Waals surface area contributed by atoms with Gasteiger partial charge in [0, 0.05) is 18.4 Å². The summed E-state index contributed by atoms with van der Waals surface area (Å²) < 4.78 is 4.58. The fraction of sp³-hybridized carbons (Fsp3) is 0.385. The first-order chi connectivity index (χ1) is 9.36. The number of esters is 1. The maximum Gasteiger partial charge on any atom is 0.339 e. The highest BCUT2D eigenvalue weighted by Gasteiger charge is 2.21. The van der Waals surface area contributed by atoms with Crippen molar-refractivity contribution in [3.05, 3.63) is 29.3 Å². The van der Waals surface area contributed by atoms with Crippen LogP contribution < -0.4 is 5.73 Å². The molecule has 0 aromatic heterocycles. The Morgan fingerprint density at radius 2 is 2.05 bits per heavy atom. The minimum atomic E-state index is -1.22. The summed E-state index contributed by atoms with van der Waals surface area (Å²) in [5.41, 5.74) is 6.32. The van der Waals surface area contributed by atoms with Crippen molar-refractivity contribution in [1.82, 2.24) is 0 Å². The zero-order chi connectivity index (χ0) is 15.3. The number of carbonyl (C=O) groups excluding carboxylic acids is 2. The number of anilines is 1. The van der Waals surface area contributed by atoms with Crippen molar-refractivity contribution < 1.29 is 24.5 Å². The molecule has 0 radical (unpaired) electrons. The lowest BCUT2D eigenvalue weighted by atomic mass is 10.0. The van der Waals surface area contributed by atoms with Gasteiger partial charge in [0.2, 0.25) is 0 Å². The third kappa shape index (κ3) is 4.22. The van der Waals surface area contributed by atoms with E-state index in [2.05, 4.69) is 4.74 Å². The second kappa shape index (κ2) is 7.28. The van der Waals surface area contributed by atoms with Crippen LogP contribution in [0.4, 0.5) is 5.69 Å². The molecule has 7 heteroatoms. The van der Waals surface area contributed by atoms with Crippen LogP contribution in [0, 0.1) is 0 Å². The number of nitrogen functional groups attached to an aromatic ring is 1. The van der Waals surface area contributed by atoms with Gasteiger partial charge in [-0.1, -0.05) is 17.8 Å². The first-order valence-corrected chi connectivity index (χ1v) is 6.82. The second-order valence-corrected chi connectivity index (χ2v) is 5.35. The summed E-state index contributed by atoms with van der Waals surface area (Å²) in [6.45, 7) is 1.38. The van der Waals surface area contributed by atoms with Crippen molar-refractivity contribution >= 4 is 28.5 Å². The van der Waals surface area contributed by atoms with Crippen molar-refractivity contribution in [2.24, 2.45) is 0 Å². The molecule has 1 rings (SSSR count). The first kappa shape index (κ1) is 16.5. The number of rotatable bonds is 5. The van der Waals surface area contributed by atoms with E-state index in [4.69, 9.17) is 5.73 Å². The fourth-order valence-corrected chi connectivity index (χ4v) is 2.15. The maximum absolute atomic E-state index is 11.5. The molecule has 1 aromatic carbocycles. The molecule has 2 unspecified atom stereocenters. The van der Waals surface area contributed by atoms with E-state index >= 15 is 0 Å². The summed E-state index contributed by atoms with van der Waals surface area (Å²) in [6.07, 6.45) is -2.34. The number of methoxy groups -OCH3 is 1. The molecule has 110 valence electrons. The van der Waals surface area contributed by atoms with Gasteiger partial charge >= 0.3 is 5.97 Å². The van der Waals surface area contributed by atoms with Crippen LogP contribution in [0.25, 0.3) is 0 Å². The van der Waals surface area contributed by atoms with Crippen LogP contribution >= 0.6 is 11.8 Å². The van der Waals surface area contributed by atoms with Crippen molar-refractivity contribution in [3.8, 4) is 0 Å². The van der Waals surface area contributed by atoms with Crippen molar-refractivity contribution in [1.29, 1.82) is 0 Å². The zero-order valence-electron chi connectivity index (χ0n) is 11.2. The minimum Gasteiger partial charge on any atom is -0.465 e. The minimum absolute atomic E-state index is 0.0639. The van der Waals surface area contributed by atoms with E-state index in [-0.39, 0.29) is 22.1 Å². The van der Waals surface area contributed by atoms with E-state index in [1.54, 1.807) is 0 Å². The Hall–Kier alpha value is -1.57. The smallest absolute Gasteiger partial charge is 0.339 e. The molecule has 20 heavy (non-hydrogen) atoms. The predicted octanol–water partition coefficient (Wildman–Crippen LogP) is 0.729. The summed E-state index contributed by atoms with van der Waals surface area (Å²) in [5.74, 6) is -0.557. The van der Waals surface area contributed by atoms with Gasteiger partial charge in [0.1, 0.15) is 6.10 Å². The summed E-state index contributed by atoms with van der Waals surface area (Å²) >= 11 is 0.915. The van der Waals surface area contributed by atoms with Gasteiger partial charge in [-0.3, -0.25) is 4.79 Å². The Morgan fingerprint density at radius 1 is 1.40 bits per heavy atom. The van der Waals surface area contributed by atoms with Crippen molar-refractivity contribution in [2.45, 2.75) is 19.1 Å². The monoisotopic (exact) mass is 299 g/mol. The number of ether oxygens (including phenoxy) is 1. The highest BCUT2D eigenvalue weighted by atomic mass is 32.2. The second-order valence-electron chi connectivity index (χ2n) is 4.15. The zero-order valence-corrected chi connectivity index (χ0v) is 12.0. The number of nitrogens with two attached hydrogens (primary N) is 1. The van der Waals surface area contributed by atoms with E-state index in [9.17, 15) is 19.8 Å². The molecule has 0 fully saturated rings. The third-order valence-corrected chi connectivity index (χ3v) is 3.56. The van der Waals surface area contributed by atoms with Gasteiger partial charge in [0.25, 0.3) is 0 Å². The summed E-state index contributed by atoms with van der Waals surface area (Å²) in [6, 6.07) is 4.33. The molecule has 0 heterocycles. The summed E-state index contributed by atoms with van der Waals surface area (Å²) in [5, 5.41) is 19.7. The lowest BCUT2D eigenvalue weighted by molar-refractivity contribution is -0.109. The molecule has 0 saturated carbocycles. The Balaban J connectivity index is 2.90. The molecule has 0 bridgehead atoms. The molecule has 2 atom stereocenters. The highest BCUT2D eigenvalue weighted by molar-refractivity contribution is 8.13. The first-order valence-electron chi connectivity index (χ1n) is 5.84. The van der Waals surface area contributed by atoms with Crippen molar-refractivity contribution in [2.75, 3.05) is 18.6 Å². The number of thioether (sulfide) groups is 1. The lowest BCUT2D eigenvalue weighted by Gasteiger charge is -2.18. The SMILES string of the molecule is COC(=O)c1cc(C(O)C(O)CSC(C)=O)ccc1N. The molecule has 6 nitrogen and oxygen atoms in total. The molecule has 0 aliphatic rings. The van der Waals surface area contributed by atoms with Gasteiger partial charge in [-0.05, 0) is 17.7 Å². The molecule has 0 amide bonds. The standard InChI is InChI=1S/C13H17NO5S/c1-7(15)20-6-11(16)12(17)8-3-4-10(14)9(5-8)13(18)19-2/h3-5,11-12,16-17H,6,14H2,1-2H3. The molecule has 0 spiro atoms. The molecular formula is C13H17NO5S. The fourth-order valence-electron chi connectivity index (χ4n) is 1.56. The average molecular weight is 299 g/mol. The molecule has 0 aliphatic heterocycles. The van der Waals surface area contributed by atoms with Gasteiger partial charge in [-0.25, -0.2) is 4.79 Å². The Morgan fingerprint density at radius 3 is 2.60 bits per heavy atom. The van der Waals surface area contributed by atoms with E-state index in [1.807, 2.05) is 0 Å². The summed E-state index contributed by atoms with van der Waals surface area (Å²) in [4.78, 5) is 22.3. The molecule has 4 N–H and O–H groups in total. The van der Waals surface area contributed by atoms with Crippen LogP contribution in [0.3, 0.4) is 0 Å². The van der Waals surface area contributed by atoms with Crippen LogP contribution in [-0.2, 0) is 9.53 Å². The van der Waals surface area contributed by atoms with Crippen LogP contribution in [0.1, 0.15) is 28.9 Å². The Labute approximate surface area is 120 Å². The number of benzene rings is 1. The largest absolute Gasteiger partial charge is 0.465 e. The Bertz CT molecular complexity index is 506.